The van der Waals surface area contributed by atoms with Crippen molar-refractivity contribution in [2.45, 2.75) is 6.92 Å². The molecule has 53 valence electrons. The first-order valence-corrected chi connectivity index (χ1v) is 3.46. The van der Waals surface area contributed by atoms with Crippen LogP contribution in [0.15, 0.2) is 0 Å². The maximum absolute atomic E-state index is 6.86. The van der Waals surface area contributed by atoms with E-state index in [4.69, 9.17) is 11.1 Å². The number of thiazole rings is 1. The SMILES string of the molecule is Cc1[c]sc(NC(=N)N)n1. The summed E-state index contributed by atoms with van der Waals surface area (Å²) in [4.78, 5) is 3.98. The summed E-state index contributed by atoms with van der Waals surface area (Å²) < 4.78 is 0. The van der Waals surface area contributed by atoms with E-state index in [1.807, 2.05) is 6.92 Å². The van der Waals surface area contributed by atoms with Crippen LogP contribution in [0, 0.1) is 17.7 Å². The molecule has 1 aromatic heterocycles. The van der Waals surface area contributed by atoms with Gasteiger partial charge >= 0.3 is 0 Å². The van der Waals surface area contributed by atoms with Crippen molar-refractivity contribution in [1.82, 2.24) is 4.98 Å². The summed E-state index contributed by atoms with van der Waals surface area (Å²) in [5.41, 5.74) is 5.87. The monoisotopic (exact) mass is 155 g/mol. The summed E-state index contributed by atoms with van der Waals surface area (Å²) in [6.07, 6.45) is 0. The number of rotatable bonds is 1. The minimum atomic E-state index is -0.0947. The summed E-state index contributed by atoms with van der Waals surface area (Å²) in [5, 5.41) is 12.9. The van der Waals surface area contributed by atoms with Gasteiger partial charge in [-0.15, -0.1) is 0 Å². The standard InChI is InChI=1S/C5H7N4S/c1-3-2-10-5(8-3)9-4(6)7/h1H3,(H4,6,7,8,9). The van der Waals surface area contributed by atoms with Crippen LogP contribution in [0.5, 0.6) is 0 Å². The molecular weight excluding hydrogens is 148 g/mol. The first-order chi connectivity index (χ1) is 4.68. The highest BCUT2D eigenvalue weighted by Gasteiger charge is 1.96. The van der Waals surface area contributed by atoms with Crippen molar-refractivity contribution in [2.24, 2.45) is 5.73 Å². The van der Waals surface area contributed by atoms with Crippen LogP contribution in [0.2, 0.25) is 0 Å². The fourth-order valence-corrected chi connectivity index (χ4v) is 1.12. The molecule has 0 aliphatic carbocycles. The minimum absolute atomic E-state index is 0.0947. The van der Waals surface area contributed by atoms with Crippen LogP contribution in [0.1, 0.15) is 5.69 Å². The van der Waals surface area contributed by atoms with Crippen molar-refractivity contribution in [3.05, 3.63) is 11.1 Å². The van der Waals surface area contributed by atoms with E-state index in [0.717, 1.165) is 5.69 Å². The second-order valence-electron chi connectivity index (χ2n) is 1.75. The lowest BCUT2D eigenvalue weighted by atomic mass is 10.6. The maximum Gasteiger partial charge on any atom is 0.192 e. The zero-order valence-corrected chi connectivity index (χ0v) is 6.25. The molecule has 0 aliphatic heterocycles. The number of aromatic nitrogens is 1. The molecular formula is C5H7N4S. The highest BCUT2D eigenvalue weighted by Crippen LogP contribution is 2.12. The van der Waals surface area contributed by atoms with E-state index in [9.17, 15) is 0 Å². The number of nitrogens with one attached hydrogen (secondary N) is 2. The minimum Gasteiger partial charge on any atom is -0.370 e. The van der Waals surface area contributed by atoms with Gasteiger partial charge in [0.05, 0.1) is 11.1 Å². The largest absolute Gasteiger partial charge is 0.370 e. The average molecular weight is 155 g/mol. The molecule has 1 heterocycles. The smallest absolute Gasteiger partial charge is 0.192 e. The Labute approximate surface area is 62.6 Å². The van der Waals surface area contributed by atoms with E-state index >= 15 is 0 Å². The number of guanidine groups is 1. The topological polar surface area (TPSA) is 74.8 Å². The van der Waals surface area contributed by atoms with Crippen molar-refractivity contribution in [3.63, 3.8) is 0 Å². The molecule has 0 aromatic carbocycles. The highest BCUT2D eigenvalue weighted by molar-refractivity contribution is 7.13. The number of nitrogens with zero attached hydrogens (tertiary/aromatic N) is 1. The predicted octanol–water partition coefficient (Wildman–Crippen LogP) is 0.557. The third-order valence-electron chi connectivity index (χ3n) is 0.806. The van der Waals surface area contributed by atoms with Crippen LogP contribution in [0.3, 0.4) is 0 Å². The molecule has 1 rings (SSSR count). The van der Waals surface area contributed by atoms with E-state index in [0.29, 0.717) is 5.13 Å². The average Bonchev–Trinajstić information content (AvgIpc) is 2.13. The highest BCUT2D eigenvalue weighted by atomic mass is 32.1. The summed E-state index contributed by atoms with van der Waals surface area (Å²) in [6.45, 7) is 1.84. The van der Waals surface area contributed by atoms with E-state index in [2.05, 4.69) is 15.7 Å². The van der Waals surface area contributed by atoms with Gasteiger partial charge in [-0.3, -0.25) is 5.41 Å². The Bertz CT molecular complexity index is 242. The number of nitrogens with two attached hydrogens (primary N) is 1. The van der Waals surface area contributed by atoms with Gasteiger partial charge in [0, 0.05) is 0 Å². The van der Waals surface area contributed by atoms with Gasteiger partial charge in [-0.1, -0.05) is 11.3 Å². The Kier molecular flexibility index (Phi) is 1.86. The zero-order valence-electron chi connectivity index (χ0n) is 5.43. The Balaban J connectivity index is 2.67. The summed E-state index contributed by atoms with van der Waals surface area (Å²) in [6, 6.07) is 0. The van der Waals surface area contributed by atoms with Crippen molar-refractivity contribution in [2.75, 3.05) is 5.32 Å². The molecule has 1 aromatic rings. The molecule has 0 fully saturated rings. The van der Waals surface area contributed by atoms with Gasteiger partial charge in [0.1, 0.15) is 0 Å². The Morgan fingerprint density at radius 1 is 1.90 bits per heavy atom. The number of aryl methyl sites for hydroxylation is 1. The van der Waals surface area contributed by atoms with Crippen molar-refractivity contribution in [1.29, 1.82) is 5.41 Å². The van der Waals surface area contributed by atoms with Crippen LogP contribution in [-0.2, 0) is 0 Å². The number of hydrogen-bond acceptors (Lipinski definition) is 3. The quantitative estimate of drug-likeness (QED) is 0.409. The molecule has 4 N–H and O–H groups in total. The number of hydrogen-bond donors (Lipinski definition) is 3. The Hall–Kier alpha value is -1.10. The third kappa shape index (κ3) is 1.70. The van der Waals surface area contributed by atoms with Gasteiger partial charge in [0.2, 0.25) is 0 Å². The maximum atomic E-state index is 6.86. The molecule has 0 bridgehead atoms. The van der Waals surface area contributed by atoms with Gasteiger partial charge in [-0.25, -0.2) is 4.98 Å². The Morgan fingerprint density at radius 2 is 2.60 bits per heavy atom. The molecule has 4 nitrogen and oxygen atoms in total. The summed E-state index contributed by atoms with van der Waals surface area (Å²) in [7, 11) is 0. The molecule has 0 saturated heterocycles. The second-order valence-corrected chi connectivity index (χ2v) is 2.54. The van der Waals surface area contributed by atoms with Gasteiger partial charge < -0.3 is 11.1 Å². The lowest BCUT2D eigenvalue weighted by Crippen LogP contribution is -2.20. The first-order valence-electron chi connectivity index (χ1n) is 2.64. The van der Waals surface area contributed by atoms with Gasteiger partial charge in [0.15, 0.2) is 11.1 Å². The van der Waals surface area contributed by atoms with Gasteiger partial charge in [-0.2, -0.15) is 0 Å². The molecule has 0 unspecified atom stereocenters. The molecule has 5 heteroatoms. The van der Waals surface area contributed by atoms with Crippen molar-refractivity contribution >= 4 is 22.4 Å². The Morgan fingerprint density at radius 3 is 3.00 bits per heavy atom. The predicted molar refractivity (Wildman–Crippen MR) is 41.2 cm³/mol. The summed E-state index contributed by atoms with van der Waals surface area (Å²) >= 11 is 1.31. The van der Waals surface area contributed by atoms with Crippen LogP contribution < -0.4 is 11.1 Å². The van der Waals surface area contributed by atoms with Crippen molar-refractivity contribution < 1.29 is 0 Å². The molecule has 10 heavy (non-hydrogen) atoms. The lowest BCUT2D eigenvalue weighted by Gasteiger charge is -1.94. The first kappa shape index (κ1) is 7.01. The van der Waals surface area contributed by atoms with Gasteiger partial charge in [0.25, 0.3) is 0 Å². The van der Waals surface area contributed by atoms with Crippen LogP contribution in [-0.4, -0.2) is 10.9 Å². The van der Waals surface area contributed by atoms with E-state index < -0.39 is 0 Å². The fourth-order valence-electron chi connectivity index (χ4n) is 0.489. The van der Waals surface area contributed by atoms with E-state index in [1.165, 1.54) is 11.3 Å². The second kappa shape index (κ2) is 2.66. The van der Waals surface area contributed by atoms with Crippen LogP contribution >= 0.6 is 11.3 Å². The van der Waals surface area contributed by atoms with E-state index in [-0.39, 0.29) is 5.96 Å². The van der Waals surface area contributed by atoms with Gasteiger partial charge in [-0.05, 0) is 6.92 Å². The molecule has 0 amide bonds. The van der Waals surface area contributed by atoms with Crippen LogP contribution in [0.4, 0.5) is 5.13 Å². The van der Waals surface area contributed by atoms with Crippen LogP contribution in [0.25, 0.3) is 0 Å². The molecule has 0 saturated carbocycles. The third-order valence-corrected chi connectivity index (χ3v) is 1.59. The van der Waals surface area contributed by atoms with Crippen molar-refractivity contribution in [3.8, 4) is 0 Å². The number of anilines is 1. The lowest BCUT2D eigenvalue weighted by molar-refractivity contribution is 1.25. The molecule has 0 atom stereocenters. The molecule has 0 spiro atoms. The molecule has 0 aliphatic rings. The summed E-state index contributed by atoms with van der Waals surface area (Å²) in [5.74, 6) is -0.0947. The van der Waals surface area contributed by atoms with E-state index in [1.54, 1.807) is 0 Å². The fraction of sp³-hybridized carbons (Fsp3) is 0.200. The zero-order chi connectivity index (χ0) is 7.56. The molecule has 1 radical (unpaired) electrons. The normalized spacial score (nSPS) is 9.30.